The van der Waals surface area contributed by atoms with E-state index in [0.717, 1.165) is 18.2 Å². The highest BCUT2D eigenvalue weighted by atomic mass is 19.1. The molecule has 1 N–H and O–H groups in total. The SMILES string of the molecule is CCNc1cc(Oc2cc(F)ccc2F)nc(CC)n1. The molecule has 0 aliphatic rings. The number of rotatable bonds is 5. The summed E-state index contributed by atoms with van der Waals surface area (Å²) in [5.41, 5.74) is 0. The first-order chi connectivity index (χ1) is 9.62. The van der Waals surface area contributed by atoms with Gasteiger partial charge in [-0.25, -0.2) is 13.8 Å². The Kier molecular flexibility index (Phi) is 4.45. The lowest BCUT2D eigenvalue weighted by Gasteiger charge is -2.09. The van der Waals surface area contributed by atoms with Crippen LogP contribution in [-0.4, -0.2) is 16.5 Å². The molecule has 6 heteroatoms. The average molecular weight is 279 g/mol. The summed E-state index contributed by atoms with van der Waals surface area (Å²) in [5, 5.41) is 3.04. The van der Waals surface area contributed by atoms with Gasteiger partial charge in [0.1, 0.15) is 17.5 Å². The molecule has 0 atom stereocenters. The molecule has 0 radical (unpaired) electrons. The van der Waals surface area contributed by atoms with Crippen molar-refractivity contribution in [3.63, 3.8) is 0 Å². The molecule has 1 aromatic carbocycles. The topological polar surface area (TPSA) is 47.0 Å². The molecule has 1 aromatic heterocycles. The Hall–Kier alpha value is -2.24. The van der Waals surface area contributed by atoms with E-state index in [2.05, 4.69) is 15.3 Å². The van der Waals surface area contributed by atoms with Crippen LogP contribution in [0.5, 0.6) is 11.6 Å². The molecular formula is C14H15F2N3O. The fourth-order valence-electron chi connectivity index (χ4n) is 1.62. The second kappa shape index (κ2) is 6.27. The van der Waals surface area contributed by atoms with Crippen molar-refractivity contribution in [2.75, 3.05) is 11.9 Å². The van der Waals surface area contributed by atoms with E-state index in [0.29, 0.717) is 24.6 Å². The van der Waals surface area contributed by atoms with Gasteiger partial charge in [-0.15, -0.1) is 0 Å². The third-order valence-electron chi connectivity index (χ3n) is 2.53. The summed E-state index contributed by atoms with van der Waals surface area (Å²) < 4.78 is 32.0. The largest absolute Gasteiger partial charge is 0.436 e. The maximum Gasteiger partial charge on any atom is 0.224 e. The highest BCUT2D eigenvalue weighted by Crippen LogP contribution is 2.25. The summed E-state index contributed by atoms with van der Waals surface area (Å²) in [6.45, 7) is 4.52. The van der Waals surface area contributed by atoms with Crippen LogP contribution in [0.25, 0.3) is 0 Å². The van der Waals surface area contributed by atoms with Crippen molar-refractivity contribution in [1.29, 1.82) is 0 Å². The molecule has 2 rings (SSSR count). The molecule has 0 saturated carbocycles. The Balaban J connectivity index is 2.32. The Morgan fingerprint density at radius 1 is 1.15 bits per heavy atom. The predicted octanol–water partition coefficient (Wildman–Crippen LogP) is 3.54. The van der Waals surface area contributed by atoms with Gasteiger partial charge >= 0.3 is 0 Å². The number of halogens is 2. The van der Waals surface area contributed by atoms with Crippen LogP contribution >= 0.6 is 0 Å². The molecule has 20 heavy (non-hydrogen) atoms. The molecule has 4 nitrogen and oxygen atoms in total. The zero-order chi connectivity index (χ0) is 14.5. The molecule has 0 unspecified atom stereocenters. The molecule has 0 aliphatic heterocycles. The lowest BCUT2D eigenvalue weighted by Crippen LogP contribution is -2.04. The zero-order valence-corrected chi connectivity index (χ0v) is 11.3. The number of aryl methyl sites for hydroxylation is 1. The van der Waals surface area contributed by atoms with Gasteiger partial charge in [-0.2, -0.15) is 4.98 Å². The summed E-state index contributed by atoms with van der Waals surface area (Å²) in [7, 11) is 0. The number of benzene rings is 1. The smallest absolute Gasteiger partial charge is 0.224 e. The second-order valence-electron chi connectivity index (χ2n) is 4.07. The van der Waals surface area contributed by atoms with Gasteiger partial charge < -0.3 is 10.1 Å². The normalized spacial score (nSPS) is 10.4. The van der Waals surface area contributed by atoms with Crippen molar-refractivity contribution < 1.29 is 13.5 Å². The van der Waals surface area contributed by atoms with Crippen LogP contribution in [0.15, 0.2) is 24.3 Å². The van der Waals surface area contributed by atoms with Gasteiger partial charge in [0.05, 0.1) is 0 Å². The zero-order valence-electron chi connectivity index (χ0n) is 11.3. The molecule has 106 valence electrons. The predicted molar refractivity (Wildman–Crippen MR) is 72.0 cm³/mol. The Morgan fingerprint density at radius 2 is 1.95 bits per heavy atom. The monoisotopic (exact) mass is 279 g/mol. The van der Waals surface area contributed by atoms with Crippen molar-refractivity contribution in [3.05, 3.63) is 41.7 Å². The van der Waals surface area contributed by atoms with E-state index in [-0.39, 0.29) is 11.6 Å². The third kappa shape index (κ3) is 3.40. The van der Waals surface area contributed by atoms with Crippen LogP contribution in [0, 0.1) is 11.6 Å². The lowest BCUT2D eigenvalue weighted by atomic mass is 10.3. The number of aromatic nitrogens is 2. The maximum atomic E-state index is 13.5. The first kappa shape index (κ1) is 14.2. The summed E-state index contributed by atoms with van der Waals surface area (Å²) in [5.74, 6) is -0.0851. The summed E-state index contributed by atoms with van der Waals surface area (Å²) >= 11 is 0. The maximum absolute atomic E-state index is 13.5. The average Bonchev–Trinajstić information content (AvgIpc) is 2.43. The Labute approximate surface area is 115 Å². The number of ether oxygens (including phenoxy) is 1. The minimum absolute atomic E-state index is 0.178. The van der Waals surface area contributed by atoms with E-state index in [4.69, 9.17) is 4.74 Å². The van der Waals surface area contributed by atoms with Gasteiger partial charge in [0.15, 0.2) is 11.6 Å². The molecule has 2 aromatic rings. The van der Waals surface area contributed by atoms with Crippen molar-refractivity contribution in [1.82, 2.24) is 9.97 Å². The fraction of sp³-hybridized carbons (Fsp3) is 0.286. The number of nitrogens with zero attached hydrogens (tertiary/aromatic N) is 2. The number of hydrogen-bond donors (Lipinski definition) is 1. The number of nitrogens with one attached hydrogen (secondary N) is 1. The highest BCUT2D eigenvalue weighted by molar-refractivity contribution is 5.40. The van der Waals surface area contributed by atoms with Crippen LogP contribution in [0.2, 0.25) is 0 Å². The van der Waals surface area contributed by atoms with Crippen molar-refractivity contribution in [2.24, 2.45) is 0 Å². The Morgan fingerprint density at radius 3 is 2.65 bits per heavy atom. The quantitative estimate of drug-likeness (QED) is 0.909. The minimum Gasteiger partial charge on any atom is -0.436 e. The molecule has 0 amide bonds. The van der Waals surface area contributed by atoms with Crippen LogP contribution < -0.4 is 10.1 Å². The van der Waals surface area contributed by atoms with E-state index >= 15 is 0 Å². The van der Waals surface area contributed by atoms with E-state index in [9.17, 15) is 8.78 Å². The molecule has 1 heterocycles. The minimum atomic E-state index is -0.645. The first-order valence-electron chi connectivity index (χ1n) is 6.37. The third-order valence-corrected chi connectivity index (χ3v) is 2.53. The van der Waals surface area contributed by atoms with E-state index in [1.54, 1.807) is 6.07 Å². The van der Waals surface area contributed by atoms with Crippen LogP contribution in [0.1, 0.15) is 19.7 Å². The van der Waals surface area contributed by atoms with E-state index < -0.39 is 11.6 Å². The van der Waals surface area contributed by atoms with Crippen LogP contribution in [-0.2, 0) is 6.42 Å². The number of hydrogen-bond acceptors (Lipinski definition) is 4. The van der Waals surface area contributed by atoms with Gasteiger partial charge in [-0.05, 0) is 19.1 Å². The van der Waals surface area contributed by atoms with Crippen molar-refractivity contribution in [3.8, 4) is 11.6 Å². The Bertz CT molecular complexity index is 605. The van der Waals surface area contributed by atoms with Crippen molar-refractivity contribution >= 4 is 5.82 Å². The molecular weight excluding hydrogens is 264 g/mol. The van der Waals surface area contributed by atoms with Crippen LogP contribution in [0.4, 0.5) is 14.6 Å². The van der Waals surface area contributed by atoms with Gasteiger partial charge in [0.2, 0.25) is 5.88 Å². The standard InChI is InChI=1S/C14H15F2N3O/c1-3-12-18-13(17-4-2)8-14(19-12)20-11-7-9(15)5-6-10(11)16/h5-8H,3-4H2,1-2H3,(H,17,18,19). The molecule has 0 fully saturated rings. The summed E-state index contributed by atoms with van der Waals surface area (Å²) in [4.78, 5) is 8.39. The summed E-state index contributed by atoms with van der Waals surface area (Å²) in [6, 6.07) is 4.57. The van der Waals surface area contributed by atoms with Crippen molar-refractivity contribution in [2.45, 2.75) is 20.3 Å². The number of anilines is 1. The first-order valence-corrected chi connectivity index (χ1v) is 6.37. The highest BCUT2D eigenvalue weighted by Gasteiger charge is 2.10. The molecule has 0 spiro atoms. The lowest BCUT2D eigenvalue weighted by molar-refractivity contribution is 0.420. The van der Waals surface area contributed by atoms with Gasteiger partial charge in [-0.3, -0.25) is 0 Å². The van der Waals surface area contributed by atoms with Gasteiger partial charge in [0.25, 0.3) is 0 Å². The van der Waals surface area contributed by atoms with E-state index in [1.807, 2.05) is 13.8 Å². The summed E-state index contributed by atoms with van der Waals surface area (Å²) in [6.07, 6.45) is 0.612. The van der Waals surface area contributed by atoms with Crippen LogP contribution in [0.3, 0.4) is 0 Å². The van der Waals surface area contributed by atoms with E-state index in [1.165, 1.54) is 0 Å². The molecule has 0 aliphatic carbocycles. The van der Waals surface area contributed by atoms with Gasteiger partial charge in [0, 0.05) is 25.1 Å². The fourth-order valence-corrected chi connectivity index (χ4v) is 1.62. The molecule has 0 saturated heterocycles. The second-order valence-corrected chi connectivity index (χ2v) is 4.07. The van der Waals surface area contributed by atoms with Gasteiger partial charge in [-0.1, -0.05) is 6.92 Å². The molecule has 0 bridgehead atoms.